The summed E-state index contributed by atoms with van der Waals surface area (Å²) in [5.41, 5.74) is 0.323. The number of ether oxygens (including phenoxy) is 1. The van der Waals surface area contributed by atoms with Crippen LogP contribution in [0.1, 0.15) is 31.1 Å². The smallest absolute Gasteiger partial charge is 0.344 e. The van der Waals surface area contributed by atoms with Gasteiger partial charge in [0.15, 0.2) is 0 Å². The first kappa shape index (κ1) is 14.4. The Kier molecular flexibility index (Phi) is 3.92. The number of nitrogens with one attached hydrogen (secondary N) is 1. The summed E-state index contributed by atoms with van der Waals surface area (Å²) in [6, 6.07) is 7.20. The van der Waals surface area contributed by atoms with Crippen molar-refractivity contribution in [3.8, 4) is 5.88 Å². The first-order valence-corrected chi connectivity index (χ1v) is 5.41. The van der Waals surface area contributed by atoms with Crippen LogP contribution in [-0.4, -0.2) is 21.7 Å². The molecule has 0 amide bonds. The lowest BCUT2D eigenvalue weighted by atomic mass is 10.1. The molecule has 2 aromatic rings. The quantitative estimate of drug-likeness (QED) is 0.781. The largest absolute Gasteiger partial charge is 0.494 e. The van der Waals surface area contributed by atoms with E-state index in [0.717, 1.165) is 0 Å². The van der Waals surface area contributed by atoms with E-state index < -0.39 is 11.6 Å². The summed E-state index contributed by atoms with van der Waals surface area (Å²) >= 11 is 0. The molecule has 0 aliphatic carbocycles. The van der Waals surface area contributed by atoms with Crippen LogP contribution < -0.4 is 0 Å². The highest BCUT2D eigenvalue weighted by molar-refractivity contribution is 6.06. The molecule has 0 saturated carbocycles. The van der Waals surface area contributed by atoms with Crippen LogP contribution in [-0.2, 0) is 4.74 Å². The van der Waals surface area contributed by atoms with Crippen LogP contribution in [0, 0.1) is 0 Å². The van der Waals surface area contributed by atoms with Crippen LogP contribution in [0.5, 0.6) is 5.88 Å². The second kappa shape index (κ2) is 4.90. The molecule has 0 aliphatic rings. The predicted octanol–water partition coefficient (Wildman–Crippen LogP) is 3.25. The minimum Gasteiger partial charge on any atom is -0.494 e. The van der Waals surface area contributed by atoms with Gasteiger partial charge in [0.2, 0.25) is 5.88 Å². The average molecular weight is 270 g/mol. The number of aromatic hydroxyl groups is 1. The molecule has 0 bridgehead atoms. The fourth-order valence-electron chi connectivity index (χ4n) is 1.66. The highest BCUT2D eigenvalue weighted by atomic mass is 35.5. The van der Waals surface area contributed by atoms with Crippen LogP contribution in [0.15, 0.2) is 24.3 Å². The van der Waals surface area contributed by atoms with Crippen LogP contribution in [0.2, 0.25) is 0 Å². The van der Waals surface area contributed by atoms with Crippen LogP contribution in [0.4, 0.5) is 0 Å². The van der Waals surface area contributed by atoms with E-state index in [1.165, 1.54) is 0 Å². The van der Waals surface area contributed by atoms with E-state index in [9.17, 15) is 9.90 Å². The number of carbonyl (C=O) groups is 1. The van der Waals surface area contributed by atoms with Gasteiger partial charge in [0, 0.05) is 10.9 Å². The Labute approximate surface area is 111 Å². The average Bonchev–Trinajstić information content (AvgIpc) is 2.50. The van der Waals surface area contributed by atoms with E-state index in [-0.39, 0.29) is 23.9 Å². The van der Waals surface area contributed by atoms with Crippen molar-refractivity contribution in [3.63, 3.8) is 0 Å². The Bertz CT molecular complexity index is 569. The minimum absolute atomic E-state index is 0. The number of halogens is 1. The molecule has 0 spiro atoms. The van der Waals surface area contributed by atoms with Gasteiger partial charge in [-0.3, -0.25) is 0 Å². The van der Waals surface area contributed by atoms with Crippen molar-refractivity contribution in [2.45, 2.75) is 26.4 Å². The lowest BCUT2D eigenvalue weighted by molar-refractivity contribution is 0.00692. The van der Waals surface area contributed by atoms with Crippen LogP contribution in [0.25, 0.3) is 10.9 Å². The second-order valence-corrected chi connectivity index (χ2v) is 4.90. The highest BCUT2D eigenvalue weighted by Gasteiger charge is 2.24. The molecule has 0 atom stereocenters. The van der Waals surface area contributed by atoms with Gasteiger partial charge in [-0.05, 0) is 26.8 Å². The molecule has 18 heavy (non-hydrogen) atoms. The predicted molar refractivity (Wildman–Crippen MR) is 72.4 cm³/mol. The third kappa shape index (κ3) is 2.76. The molecule has 1 aromatic carbocycles. The maximum atomic E-state index is 12.0. The molecule has 0 saturated heterocycles. The number of para-hydroxylation sites is 1. The third-order valence-electron chi connectivity index (χ3n) is 2.29. The van der Waals surface area contributed by atoms with Gasteiger partial charge in [-0.1, -0.05) is 18.2 Å². The van der Waals surface area contributed by atoms with Crippen molar-refractivity contribution in [1.29, 1.82) is 0 Å². The lowest BCUT2D eigenvalue weighted by Crippen LogP contribution is -2.23. The molecule has 0 aliphatic heterocycles. The Hall–Kier alpha value is -1.68. The first-order valence-electron chi connectivity index (χ1n) is 5.41. The fraction of sp³-hybridized carbons (Fsp3) is 0.308. The summed E-state index contributed by atoms with van der Waals surface area (Å²) in [7, 11) is 0. The maximum absolute atomic E-state index is 12.0. The van der Waals surface area contributed by atoms with Gasteiger partial charge in [-0.25, -0.2) is 4.79 Å². The molecule has 1 aromatic heterocycles. The van der Waals surface area contributed by atoms with Crippen molar-refractivity contribution in [2.24, 2.45) is 0 Å². The molecule has 0 fully saturated rings. The molecule has 2 rings (SSSR count). The first-order chi connectivity index (χ1) is 7.88. The number of benzene rings is 1. The van der Waals surface area contributed by atoms with Crippen LogP contribution >= 0.6 is 12.4 Å². The normalized spacial score (nSPS) is 11.1. The number of carbonyl (C=O) groups excluding carboxylic acids is 1. The van der Waals surface area contributed by atoms with Crippen molar-refractivity contribution in [2.75, 3.05) is 0 Å². The van der Waals surface area contributed by atoms with E-state index >= 15 is 0 Å². The Morgan fingerprint density at radius 1 is 1.28 bits per heavy atom. The molecular weight excluding hydrogens is 254 g/mol. The zero-order valence-electron chi connectivity index (χ0n) is 10.5. The van der Waals surface area contributed by atoms with Gasteiger partial charge in [-0.2, -0.15) is 0 Å². The van der Waals surface area contributed by atoms with Gasteiger partial charge in [-0.15, -0.1) is 12.4 Å². The SMILES string of the molecule is CC(C)(C)OC(=O)c1c(O)[nH]c2ccccc12.Cl. The summed E-state index contributed by atoms with van der Waals surface area (Å²) in [5, 5.41) is 10.4. The molecular formula is C13H16ClNO3. The second-order valence-electron chi connectivity index (χ2n) is 4.90. The lowest BCUT2D eigenvalue weighted by Gasteiger charge is -2.19. The Balaban J connectivity index is 0.00000162. The number of hydrogen-bond acceptors (Lipinski definition) is 3. The van der Waals surface area contributed by atoms with Gasteiger partial charge in [0.05, 0.1) is 0 Å². The Morgan fingerprint density at radius 2 is 1.89 bits per heavy atom. The van der Waals surface area contributed by atoms with E-state index in [2.05, 4.69) is 4.98 Å². The van der Waals surface area contributed by atoms with Crippen molar-refractivity contribution in [1.82, 2.24) is 4.98 Å². The van der Waals surface area contributed by atoms with Crippen LogP contribution in [0.3, 0.4) is 0 Å². The highest BCUT2D eigenvalue weighted by Crippen LogP contribution is 2.28. The molecule has 4 nitrogen and oxygen atoms in total. The summed E-state index contributed by atoms with van der Waals surface area (Å²) in [4.78, 5) is 14.7. The summed E-state index contributed by atoms with van der Waals surface area (Å²) in [6.07, 6.45) is 0. The summed E-state index contributed by atoms with van der Waals surface area (Å²) in [6.45, 7) is 5.37. The molecule has 5 heteroatoms. The molecule has 98 valence electrons. The number of H-pyrrole nitrogens is 1. The Morgan fingerprint density at radius 3 is 2.50 bits per heavy atom. The summed E-state index contributed by atoms with van der Waals surface area (Å²) in [5.74, 6) is -0.673. The molecule has 0 radical (unpaired) electrons. The topological polar surface area (TPSA) is 62.3 Å². The van der Waals surface area contributed by atoms with Crippen molar-refractivity contribution in [3.05, 3.63) is 29.8 Å². The standard InChI is InChI=1S/C13H15NO3.ClH/c1-13(2,3)17-12(16)10-8-6-4-5-7-9(8)14-11(10)15;/h4-7,14-15H,1-3H3;1H. The maximum Gasteiger partial charge on any atom is 0.344 e. The van der Waals surface area contributed by atoms with Gasteiger partial charge >= 0.3 is 5.97 Å². The van der Waals surface area contributed by atoms with Crippen molar-refractivity contribution < 1.29 is 14.6 Å². The van der Waals surface area contributed by atoms with E-state index in [1.807, 2.05) is 12.1 Å². The van der Waals surface area contributed by atoms with Crippen molar-refractivity contribution >= 4 is 29.3 Å². The number of esters is 1. The van der Waals surface area contributed by atoms with Gasteiger partial charge in [0.1, 0.15) is 11.2 Å². The third-order valence-corrected chi connectivity index (χ3v) is 2.29. The van der Waals surface area contributed by atoms with E-state index in [4.69, 9.17) is 4.74 Å². The zero-order valence-corrected chi connectivity index (χ0v) is 11.3. The number of aromatic nitrogens is 1. The molecule has 1 heterocycles. The summed E-state index contributed by atoms with van der Waals surface area (Å²) < 4.78 is 5.25. The fourth-order valence-corrected chi connectivity index (χ4v) is 1.66. The molecule has 2 N–H and O–H groups in total. The van der Waals surface area contributed by atoms with Gasteiger partial charge < -0.3 is 14.8 Å². The minimum atomic E-state index is -0.581. The monoisotopic (exact) mass is 269 g/mol. The number of rotatable bonds is 1. The number of aromatic amines is 1. The number of fused-ring (bicyclic) bond motifs is 1. The molecule has 0 unspecified atom stereocenters. The van der Waals surface area contributed by atoms with E-state index in [1.54, 1.807) is 32.9 Å². The van der Waals surface area contributed by atoms with E-state index in [0.29, 0.717) is 10.9 Å². The zero-order chi connectivity index (χ0) is 12.6. The van der Waals surface area contributed by atoms with Gasteiger partial charge in [0.25, 0.3) is 0 Å². The number of hydrogen-bond donors (Lipinski definition) is 2.